The van der Waals surface area contributed by atoms with Crippen LogP contribution < -0.4 is 5.32 Å². The van der Waals surface area contributed by atoms with Crippen LogP contribution in [0.25, 0.3) is 0 Å². The predicted molar refractivity (Wildman–Crippen MR) is 88.0 cm³/mol. The molecular weight excluding hydrogens is 345 g/mol. The average molecular weight is 366 g/mol. The molecule has 2 aliphatic rings. The second-order valence-corrected chi connectivity index (χ2v) is 7.50. The zero-order chi connectivity index (χ0) is 18.5. The number of piperidine rings is 1. The molecule has 0 bridgehead atoms. The highest BCUT2D eigenvalue weighted by atomic mass is 19.4. The number of halogens is 3. The smallest absolute Gasteiger partial charge is 0.385 e. The molecule has 0 amide bonds. The fourth-order valence-electron chi connectivity index (χ4n) is 3.88. The van der Waals surface area contributed by atoms with E-state index in [1.54, 1.807) is 17.9 Å². The summed E-state index contributed by atoms with van der Waals surface area (Å²) in [5.41, 5.74) is -0.636. The van der Waals surface area contributed by atoms with Gasteiger partial charge in [-0.1, -0.05) is 17.3 Å². The maximum atomic E-state index is 12.8. The van der Waals surface area contributed by atoms with E-state index in [-0.39, 0.29) is 12.1 Å². The lowest BCUT2D eigenvalue weighted by molar-refractivity contribution is -0.137. The molecule has 0 radical (unpaired) electrons. The number of nitrogens with one attached hydrogen (secondary N) is 1. The fourth-order valence-corrected chi connectivity index (χ4v) is 3.88. The number of benzene rings is 1. The summed E-state index contributed by atoms with van der Waals surface area (Å²) in [7, 11) is 1.78. The van der Waals surface area contributed by atoms with Crippen molar-refractivity contribution in [2.24, 2.45) is 13.0 Å². The predicted octanol–water partition coefficient (Wildman–Crippen LogP) is 2.92. The second kappa shape index (κ2) is 6.06. The van der Waals surface area contributed by atoms with Crippen molar-refractivity contribution in [2.75, 3.05) is 0 Å². The molecule has 140 valence electrons. The molecule has 2 N–H and O–H groups in total. The van der Waals surface area contributed by atoms with Crippen LogP contribution >= 0.6 is 0 Å². The highest BCUT2D eigenvalue weighted by Gasteiger charge is 2.46. The first-order chi connectivity index (χ1) is 12.2. The van der Waals surface area contributed by atoms with Gasteiger partial charge in [-0.3, -0.25) is 4.68 Å². The van der Waals surface area contributed by atoms with Crippen LogP contribution in [0.3, 0.4) is 0 Å². The maximum absolute atomic E-state index is 12.8. The molecule has 1 saturated carbocycles. The van der Waals surface area contributed by atoms with E-state index in [2.05, 4.69) is 15.6 Å². The van der Waals surface area contributed by atoms with Gasteiger partial charge in [0.2, 0.25) is 0 Å². The van der Waals surface area contributed by atoms with Gasteiger partial charge >= 0.3 is 6.18 Å². The van der Waals surface area contributed by atoms with Crippen LogP contribution in [0.5, 0.6) is 0 Å². The van der Waals surface area contributed by atoms with Gasteiger partial charge in [-0.25, -0.2) is 0 Å². The Bertz CT molecular complexity index is 784. The summed E-state index contributed by atoms with van der Waals surface area (Å²) in [5, 5.41) is 23.0. The maximum Gasteiger partial charge on any atom is 0.416 e. The van der Waals surface area contributed by atoms with Crippen molar-refractivity contribution in [3.63, 3.8) is 0 Å². The van der Waals surface area contributed by atoms with Gasteiger partial charge in [-0.05, 0) is 42.9 Å². The van der Waals surface area contributed by atoms with Crippen molar-refractivity contribution in [1.82, 2.24) is 20.3 Å². The summed E-state index contributed by atoms with van der Waals surface area (Å²) >= 11 is 0. The van der Waals surface area contributed by atoms with E-state index < -0.39 is 17.3 Å². The van der Waals surface area contributed by atoms with Gasteiger partial charge in [0.15, 0.2) is 0 Å². The lowest BCUT2D eigenvalue weighted by atomic mass is 9.76. The molecule has 2 aromatic rings. The van der Waals surface area contributed by atoms with Crippen LogP contribution in [0, 0.1) is 5.92 Å². The summed E-state index contributed by atoms with van der Waals surface area (Å²) in [5.74, 6) is 0.496. The van der Waals surface area contributed by atoms with Crippen molar-refractivity contribution in [3.8, 4) is 0 Å². The molecule has 1 aliphatic heterocycles. The normalized spacial score (nSPS) is 29.7. The van der Waals surface area contributed by atoms with Crippen LogP contribution in [-0.2, 0) is 18.8 Å². The Morgan fingerprint density at radius 3 is 2.42 bits per heavy atom. The number of rotatable bonds is 3. The summed E-state index contributed by atoms with van der Waals surface area (Å²) in [6, 6.07) is 4.80. The molecule has 26 heavy (non-hydrogen) atoms. The minimum atomic E-state index is -4.38. The fraction of sp³-hybridized carbons (Fsp3) is 0.556. The zero-order valence-electron chi connectivity index (χ0n) is 14.4. The Kier molecular flexibility index (Phi) is 4.07. The summed E-state index contributed by atoms with van der Waals surface area (Å²) < 4.78 is 40.1. The van der Waals surface area contributed by atoms with Crippen molar-refractivity contribution in [1.29, 1.82) is 0 Å². The number of aliphatic hydroxyl groups is 1. The Morgan fingerprint density at radius 1 is 1.19 bits per heavy atom. The van der Waals surface area contributed by atoms with E-state index in [1.165, 1.54) is 12.1 Å². The van der Waals surface area contributed by atoms with E-state index in [1.807, 2.05) is 0 Å². The van der Waals surface area contributed by atoms with E-state index in [0.717, 1.165) is 30.7 Å². The van der Waals surface area contributed by atoms with E-state index in [4.69, 9.17) is 0 Å². The van der Waals surface area contributed by atoms with Gasteiger partial charge in [-0.15, -0.1) is 5.10 Å². The number of alkyl halides is 3. The van der Waals surface area contributed by atoms with Crippen molar-refractivity contribution in [2.45, 2.75) is 49.5 Å². The number of hydrogen-bond acceptors (Lipinski definition) is 4. The van der Waals surface area contributed by atoms with Crippen molar-refractivity contribution < 1.29 is 18.3 Å². The SMILES string of the molecule is Cn1cc([C@@H]2CC(O)(c3ccc(C(F)(F)F)cc3)C[C@H](C3CC3)N2)nn1. The topological polar surface area (TPSA) is 63.0 Å². The zero-order valence-corrected chi connectivity index (χ0v) is 14.4. The van der Waals surface area contributed by atoms with Crippen molar-refractivity contribution >= 4 is 0 Å². The Hall–Kier alpha value is -1.93. The summed E-state index contributed by atoms with van der Waals surface area (Å²) in [4.78, 5) is 0. The molecule has 5 nitrogen and oxygen atoms in total. The van der Waals surface area contributed by atoms with Crippen LogP contribution in [0.4, 0.5) is 13.2 Å². The number of aryl methyl sites for hydroxylation is 1. The Labute approximate surface area is 149 Å². The molecule has 1 unspecified atom stereocenters. The highest BCUT2D eigenvalue weighted by Crippen LogP contribution is 2.46. The Balaban J connectivity index is 1.64. The Morgan fingerprint density at radius 2 is 1.88 bits per heavy atom. The molecule has 1 aliphatic carbocycles. The minimum Gasteiger partial charge on any atom is -0.385 e. The number of hydrogen-bond donors (Lipinski definition) is 2. The average Bonchev–Trinajstić information content (AvgIpc) is 3.35. The number of aromatic nitrogens is 3. The monoisotopic (exact) mass is 366 g/mol. The third kappa shape index (κ3) is 3.35. The summed E-state index contributed by atoms with van der Waals surface area (Å²) in [6.45, 7) is 0. The van der Waals surface area contributed by atoms with Crippen LogP contribution in [0.15, 0.2) is 30.5 Å². The molecule has 1 aromatic carbocycles. The third-order valence-corrected chi connectivity index (χ3v) is 5.43. The first-order valence-corrected chi connectivity index (χ1v) is 8.77. The first-order valence-electron chi connectivity index (χ1n) is 8.77. The van der Waals surface area contributed by atoms with Crippen molar-refractivity contribution in [3.05, 3.63) is 47.3 Å². The molecule has 1 aromatic heterocycles. The molecule has 4 rings (SSSR count). The molecule has 2 fully saturated rings. The molecular formula is C18H21F3N4O. The summed E-state index contributed by atoms with van der Waals surface area (Å²) in [6.07, 6.45) is 0.468. The van der Waals surface area contributed by atoms with Gasteiger partial charge < -0.3 is 10.4 Å². The highest BCUT2D eigenvalue weighted by molar-refractivity contribution is 5.30. The third-order valence-electron chi connectivity index (χ3n) is 5.43. The lowest BCUT2D eigenvalue weighted by Gasteiger charge is -2.42. The van der Waals surface area contributed by atoms with Crippen LogP contribution in [0.1, 0.15) is 48.5 Å². The van der Waals surface area contributed by atoms with Crippen LogP contribution in [0.2, 0.25) is 0 Å². The standard InChI is InChI=1S/C18H21F3N4O/c1-25-10-16(23-24-25)15-9-17(26,8-14(22-15)11-2-3-11)12-4-6-13(7-5-12)18(19,20)21/h4-7,10-11,14-15,22,26H,2-3,8-9H2,1H3/t14-,15+,17?/m1/s1. The molecule has 3 atom stereocenters. The van der Waals surface area contributed by atoms with Gasteiger partial charge in [-0.2, -0.15) is 13.2 Å². The van der Waals surface area contributed by atoms with Gasteiger partial charge in [0, 0.05) is 25.7 Å². The van der Waals surface area contributed by atoms with E-state index >= 15 is 0 Å². The quantitative estimate of drug-likeness (QED) is 0.877. The molecule has 8 heteroatoms. The van der Waals surface area contributed by atoms with Gasteiger partial charge in [0.1, 0.15) is 0 Å². The largest absolute Gasteiger partial charge is 0.416 e. The molecule has 2 heterocycles. The van der Waals surface area contributed by atoms with E-state index in [9.17, 15) is 18.3 Å². The molecule has 0 spiro atoms. The minimum absolute atomic E-state index is 0.114. The van der Waals surface area contributed by atoms with E-state index in [0.29, 0.717) is 24.3 Å². The second-order valence-electron chi connectivity index (χ2n) is 7.50. The first kappa shape index (κ1) is 17.5. The van der Waals surface area contributed by atoms with Gasteiger partial charge in [0.25, 0.3) is 0 Å². The lowest BCUT2D eigenvalue weighted by Crippen LogP contribution is -2.49. The number of nitrogens with zero attached hydrogens (tertiary/aromatic N) is 3. The van der Waals surface area contributed by atoms with Crippen LogP contribution in [-0.4, -0.2) is 26.1 Å². The molecule has 1 saturated heterocycles. The van der Waals surface area contributed by atoms with Gasteiger partial charge in [0.05, 0.1) is 22.9 Å².